The SMILES string of the molecule is COc1ccc(C(NCCN)c2nnnn2C2CCCCC2)cc1OC. The number of hydrogen-bond donors (Lipinski definition) is 2. The molecule has 1 heterocycles. The van der Waals surface area contributed by atoms with Crippen LogP contribution in [0, 0.1) is 0 Å². The van der Waals surface area contributed by atoms with Crippen LogP contribution in [0.1, 0.15) is 55.6 Å². The third kappa shape index (κ3) is 3.96. The first-order valence-electron chi connectivity index (χ1n) is 9.21. The summed E-state index contributed by atoms with van der Waals surface area (Å²) >= 11 is 0. The molecule has 1 aliphatic rings. The molecule has 1 saturated carbocycles. The fraction of sp³-hybridized carbons (Fsp3) is 0.611. The van der Waals surface area contributed by atoms with Gasteiger partial charge in [0.25, 0.3) is 0 Å². The lowest BCUT2D eigenvalue weighted by Gasteiger charge is -2.25. The van der Waals surface area contributed by atoms with Crippen molar-refractivity contribution in [2.24, 2.45) is 5.73 Å². The van der Waals surface area contributed by atoms with Crippen LogP contribution in [0.3, 0.4) is 0 Å². The summed E-state index contributed by atoms with van der Waals surface area (Å²) in [5.74, 6) is 2.19. The van der Waals surface area contributed by atoms with Crippen LogP contribution in [0.4, 0.5) is 0 Å². The molecule has 142 valence electrons. The summed E-state index contributed by atoms with van der Waals surface area (Å²) in [7, 11) is 3.27. The van der Waals surface area contributed by atoms with E-state index in [2.05, 4.69) is 20.8 Å². The molecule has 1 fully saturated rings. The predicted molar refractivity (Wildman–Crippen MR) is 98.4 cm³/mol. The first kappa shape index (κ1) is 18.6. The zero-order valence-corrected chi connectivity index (χ0v) is 15.5. The minimum Gasteiger partial charge on any atom is -0.493 e. The molecule has 0 bridgehead atoms. The molecule has 0 spiro atoms. The van der Waals surface area contributed by atoms with Crippen molar-refractivity contribution in [2.75, 3.05) is 27.3 Å². The molecule has 1 aliphatic carbocycles. The lowest BCUT2D eigenvalue weighted by atomic mass is 9.95. The minimum absolute atomic E-state index is 0.157. The Bertz CT molecular complexity index is 699. The van der Waals surface area contributed by atoms with E-state index in [1.807, 2.05) is 22.9 Å². The van der Waals surface area contributed by atoms with Gasteiger partial charge in [-0.2, -0.15) is 0 Å². The molecule has 2 aromatic rings. The van der Waals surface area contributed by atoms with Crippen molar-refractivity contribution in [2.45, 2.75) is 44.2 Å². The maximum atomic E-state index is 5.73. The number of nitrogens with two attached hydrogens (primary N) is 1. The lowest BCUT2D eigenvalue weighted by molar-refractivity contribution is 0.310. The fourth-order valence-electron chi connectivity index (χ4n) is 3.59. The lowest BCUT2D eigenvalue weighted by Crippen LogP contribution is -2.31. The Morgan fingerprint density at radius 1 is 1.19 bits per heavy atom. The van der Waals surface area contributed by atoms with Crippen molar-refractivity contribution in [3.05, 3.63) is 29.6 Å². The van der Waals surface area contributed by atoms with Crippen LogP contribution in [0.25, 0.3) is 0 Å². The highest BCUT2D eigenvalue weighted by atomic mass is 16.5. The Kier molecular flexibility index (Phi) is 6.40. The van der Waals surface area contributed by atoms with E-state index >= 15 is 0 Å². The van der Waals surface area contributed by atoms with E-state index in [1.165, 1.54) is 19.3 Å². The molecular formula is C18H28N6O2. The van der Waals surface area contributed by atoms with Gasteiger partial charge in [0.15, 0.2) is 17.3 Å². The molecule has 0 saturated heterocycles. The molecule has 1 aromatic carbocycles. The van der Waals surface area contributed by atoms with Gasteiger partial charge in [-0.1, -0.05) is 25.3 Å². The topological polar surface area (TPSA) is 100 Å². The second kappa shape index (κ2) is 8.95. The van der Waals surface area contributed by atoms with Gasteiger partial charge in [0.2, 0.25) is 0 Å². The number of rotatable bonds is 8. The van der Waals surface area contributed by atoms with Gasteiger partial charge in [0.05, 0.1) is 26.3 Å². The molecule has 8 nitrogen and oxygen atoms in total. The van der Waals surface area contributed by atoms with Crippen LogP contribution in [-0.2, 0) is 0 Å². The summed E-state index contributed by atoms with van der Waals surface area (Å²) < 4.78 is 12.8. The van der Waals surface area contributed by atoms with Gasteiger partial charge in [-0.05, 0) is 41.0 Å². The van der Waals surface area contributed by atoms with E-state index in [1.54, 1.807) is 14.2 Å². The van der Waals surface area contributed by atoms with Crippen molar-refractivity contribution in [3.63, 3.8) is 0 Å². The second-order valence-corrected chi connectivity index (χ2v) is 6.56. The summed E-state index contributed by atoms with van der Waals surface area (Å²) in [5.41, 5.74) is 6.74. The summed E-state index contributed by atoms with van der Waals surface area (Å²) in [6, 6.07) is 6.08. The van der Waals surface area contributed by atoms with E-state index in [-0.39, 0.29) is 6.04 Å². The normalized spacial score (nSPS) is 16.4. The summed E-state index contributed by atoms with van der Waals surface area (Å²) in [6.45, 7) is 1.20. The number of benzene rings is 1. The van der Waals surface area contributed by atoms with Crippen molar-refractivity contribution in [1.82, 2.24) is 25.5 Å². The van der Waals surface area contributed by atoms with E-state index in [0.717, 1.165) is 24.2 Å². The Balaban J connectivity index is 1.95. The first-order valence-corrected chi connectivity index (χ1v) is 9.21. The average molecular weight is 360 g/mol. The maximum Gasteiger partial charge on any atom is 0.173 e. The van der Waals surface area contributed by atoms with Crippen molar-refractivity contribution in [3.8, 4) is 11.5 Å². The zero-order chi connectivity index (χ0) is 18.4. The Morgan fingerprint density at radius 2 is 1.96 bits per heavy atom. The molecule has 0 aliphatic heterocycles. The van der Waals surface area contributed by atoms with Crippen LogP contribution in [0.15, 0.2) is 18.2 Å². The number of nitrogens with one attached hydrogen (secondary N) is 1. The third-order valence-corrected chi connectivity index (χ3v) is 4.93. The van der Waals surface area contributed by atoms with E-state index in [9.17, 15) is 0 Å². The molecule has 0 radical (unpaired) electrons. The highest BCUT2D eigenvalue weighted by molar-refractivity contribution is 5.44. The summed E-state index contributed by atoms with van der Waals surface area (Å²) in [4.78, 5) is 0. The van der Waals surface area contributed by atoms with Gasteiger partial charge in [-0.15, -0.1) is 5.10 Å². The number of tetrazole rings is 1. The first-order chi connectivity index (χ1) is 12.8. The Labute approximate surface area is 154 Å². The molecule has 0 amide bonds. The highest BCUT2D eigenvalue weighted by Gasteiger charge is 2.26. The standard InChI is InChI=1S/C18H28N6O2/c1-25-15-9-8-13(12-16(15)26-2)17(20-11-10-19)18-21-22-23-24(18)14-6-4-3-5-7-14/h8-9,12,14,17,20H,3-7,10-11,19H2,1-2H3. The maximum absolute atomic E-state index is 5.73. The second-order valence-electron chi connectivity index (χ2n) is 6.56. The van der Waals surface area contributed by atoms with Crippen LogP contribution in [0.5, 0.6) is 11.5 Å². The summed E-state index contributed by atoms with van der Waals surface area (Å²) in [6.07, 6.45) is 5.97. The van der Waals surface area contributed by atoms with Crippen LogP contribution in [0.2, 0.25) is 0 Å². The van der Waals surface area contributed by atoms with Crippen molar-refractivity contribution >= 4 is 0 Å². The number of hydrogen-bond acceptors (Lipinski definition) is 7. The molecule has 3 N–H and O–H groups in total. The van der Waals surface area contributed by atoms with E-state index in [4.69, 9.17) is 15.2 Å². The molecule has 1 unspecified atom stereocenters. The highest BCUT2D eigenvalue weighted by Crippen LogP contribution is 2.34. The van der Waals surface area contributed by atoms with Crippen LogP contribution in [-0.4, -0.2) is 47.5 Å². The minimum atomic E-state index is -0.157. The van der Waals surface area contributed by atoms with Gasteiger partial charge in [0.1, 0.15) is 0 Å². The molecule has 26 heavy (non-hydrogen) atoms. The van der Waals surface area contributed by atoms with Gasteiger partial charge in [-0.25, -0.2) is 4.68 Å². The van der Waals surface area contributed by atoms with E-state index in [0.29, 0.717) is 30.6 Å². The number of aromatic nitrogens is 4. The Hall–Kier alpha value is -2.19. The predicted octanol–water partition coefficient (Wildman–Crippen LogP) is 1.83. The van der Waals surface area contributed by atoms with Crippen LogP contribution >= 0.6 is 0 Å². The van der Waals surface area contributed by atoms with Gasteiger partial charge in [0, 0.05) is 13.1 Å². The molecule has 3 rings (SSSR count). The third-order valence-electron chi connectivity index (χ3n) is 4.93. The summed E-state index contributed by atoms with van der Waals surface area (Å²) in [5, 5.41) is 16.1. The molecular weight excluding hydrogens is 332 g/mol. The van der Waals surface area contributed by atoms with E-state index < -0.39 is 0 Å². The van der Waals surface area contributed by atoms with Crippen molar-refractivity contribution in [1.29, 1.82) is 0 Å². The van der Waals surface area contributed by atoms with Crippen LogP contribution < -0.4 is 20.5 Å². The molecule has 1 atom stereocenters. The quantitative estimate of drug-likeness (QED) is 0.741. The van der Waals surface area contributed by atoms with Gasteiger partial charge in [-0.3, -0.25) is 0 Å². The van der Waals surface area contributed by atoms with Gasteiger partial charge < -0.3 is 20.5 Å². The number of methoxy groups -OCH3 is 2. The van der Waals surface area contributed by atoms with Crippen molar-refractivity contribution < 1.29 is 9.47 Å². The molecule has 1 aromatic heterocycles. The average Bonchev–Trinajstić information content (AvgIpc) is 3.18. The fourth-order valence-corrected chi connectivity index (χ4v) is 3.59. The Morgan fingerprint density at radius 3 is 2.65 bits per heavy atom. The zero-order valence-electron chi connectivity index (χ0n) is 15.5. The number of nitrogens with zero attached hydrogens (tertiary/aromatic N) is 4. The largest absolute Gasteiger partial charge is 0.493 e. The van der Waals surface area contributed by atoms with Gasteiger partial charge >= 0.3 is 0 Å². The molecule has 8 heteroatoms. The number of ether oxygens (including phenoxy) is 2. The monoisotopic (exact) mass is 360 g/mol. The smallest absolute Gasteiger partial charge is 0.173 e.